The predicted molar refractivity (Wildman–Crippen MR) is 67.5 cm³/mol. The highest BCUT2D eigenvalue weighted by molar-refractivity contribution is 6.31. The minimum Gasteiger partial charge on any atom is -0.390 e. The van der Waals surface area contributed by atoms with Crippen LogP contribution in [0.1, 0.15) is 11.4 Å². The van der Waals surface area contributed by atoms with E-state index in [1.165, 1.54) is 0 Å². The molecule has 98 valence electrons. The fourth-order valence-corrected chi connectivity index (χ4v) is 1.70. The molecule has 0 fully saturated rings. The molecular weight excluding hydrogens is 242 g/mol. The second kappa shape index (κ2) is 6.96. The Morgan fingerprint density at radius 2 is 2.24 bits per heavy atom. The molecule has 1 unspecified atom stereocenters. The van der Waals surface area contributed by atoms with Crippen LogP contribution >= 0.6 is 11.6 Å². The lowest BCUT2D eigenvalue weighted by molar-refractivity contribution is 0.139. The van der Waals surface area contributed by atoms with Crippen molar-refractivity contribution in [3.8, 4) is 0 Å². The van der Waals surface area contributed by atoms with Gasteiger partial charge < -0.3 is 15.2 Å². The number of halogens is 1. The smallest absolute Gasteiger partial charge is 0.0860 e. The van der Waals surface area contributed by atoms with Crippen molar-refractivity contribution in [1.82, 2.24) is 15.1 Å². The van der Waals surface area contributed by atoms with E-state index in [-0.39, 0.29) is 0 Å². The van der Waals surface area contributed by atoms with E-state index < -0.39 is 6.10 Å². The third-order valence-corrected chi connectivity index (χ3v) is 3.09. The molecule has 1 aromatic heterocycles. The summed E-state index contributed by atoms with van der Waals surface area (Å²) in [6, 6.07) is 0. The van der Waals surface area contributed by atoms with Crippen molar-refractivity contribution in [2.24, 2.45) is 0 Å². The second-order valence-corrected chi connectivity index (χ2v) is 4.40. The lowest BCUT2D eigenvalue weighted by Gasteiger charge is -2.12. The molecule has 0 spiro atoms. The predicted octanol–water partition coefficient (Wildman–Crippen LogP) is 0.750. The molecule has 1 rings (SSSR count). The molecule has 17 heavy (non-hydrogen) atoms. The third kappa shape index (κ3) is 4.27. The van der Waals surface area contributed by atoms with Gasteiger partial charge in [0.05, 0.1) is 35.7 Å². The number of nitrogens with one attached hydrogen (secondary N) is 1. The van der Waals surface area contributed by atoms with Gasteiger partial charge in [-0.15, -0.1) is 0 Å². The van der Waals surface area contributed by atoms with Crippen LogP contribution in [0.4, 0.5) is 0 Å². The fourth-order valence-electron chi connectivity index (χ4n) is 1.56. The molecule has 0 saturated heterocycles. The molecule has 1 heterocycles. The van der Waals surface area contributed by atoms with Crippen LogP contribution in [-0.4, -0.2) is 47.8 Å². The van der Waals surface area contributed by atoms with Crippen LogP contribution in [0.25, 0.3) is 0 Å². The Balaban J connectivity index is 2.39. The molecule has 1 atom stereocenters. The van der Waals surface area contributed by atoms with Gasteiger partial charge in [0, 0.05) is 20.2 Å². The van der Waals surface area contributed by atoms with E-state index in [2.05, 4.69) is 10.4 Å². The SMILES string of the molecule is COCCNCC(O)Cn1nc(C)c(Cl)c1C. The van der Waals surface area contributed by atoms with Crippen LogP contribution in [0.2, 0.25) is 5.02 Å². The second-order valence-electron chi connectivity index (χ2n) is 4.02. The lowest BCUT2D eigenvalue weighted by Crippen LogP contribution is -2.32. The van der Waals surface area contributed by atoms with Crippen molar-refractivity contribution in [2.45, 2.75) is 26.5 Å². The molecule has 0 radical (unpaired) electrons. The largest absolute Gasteiger partial charge is 0.390 e. The van der Waals surface area contributed by atoms with Crippen LogP contribution in [0, 0.1) is 13.8 Å². The Kier molecular flexibility index (Phi) is 5.91. The standard InChI is InChI=1S/C11H20ClN3O2/c1-8-11(12)9(2)15(14-8)7-10(16)6-13-4-5-17-3/h10,13,16H,4-7H2,1-3H3. The minimum atomic E-state index is -0.485. The van der Waals surface area contributed by atoms with Crippen molar-refractivity contribution >= 4 is 11.6 Å². The Morgan fingerprint density at radius 1 is 1.53 bits per heavy atom. The maximum atomic E-state index is 9.82. The molecule has 0 saturated carbocycles. The summed E-state index contributed by atoms with van der Waals surface area (Å²) in [6.45, 7) is 6.07. The van der Waals surface area contributed by atoms with E-state index in [0.29, 0.717) is 24.7 Å². The summed E-state index contributed by atoms with van der Waals surface area (Å²) < 4.78 is 6.64. The van der Waals surface area contributed by atoms with Crippen LogP contribution in [-0.2, 0) is 11.3 Å². The van der Waals surface area contributed by atoms with Crippen LogP contribution in [0.15, 0.2) is 0 Å². The molecule has 2 N–H and O–H groups in total. The van der Waals surface area contributed by atoms with Crippen molar-refractivity contribution in [3.05, 3.63) is 16.4 Å². The normalized spacial score (nSPS) is 13.0. The Labute approximate surface area is 107 Å². The summed E-state index contributed by atoms with van der Waals surface area (Å²) in [6.07, 6.45) is -0.485. The van der Waals surface area contributed by atoms with Gasteiger partial charge in [-0.25, -0.2) is 0 Å². The summed E-state index contributed by atoms with van der Waals surface area (Å²) in [7, 11) is 1.65. The van der Waals surface area contributed by atoms with Crippen LogP contribution < -0.4 is 5.32 Å². The number of aromatic nitrogens is 2. The monoisotopic (exact) mass is 261 g/mol. The molecule has 5 nitrogen and oxygen atoms in total. The van der Waals surface area contributed by atoms with Crippen LogP contribution in [0.3, 0.4) is 0 Å². The van der Waals surface area contributed by atoms with Gasteiger partial charge in [0.1, 0.15) is 0 Å². The average molecular weight is 262 g/mol. The highest BCUT2D eigenvalue weighted by Crippen LogP contribution is 2.18. The summed E-state index contributed by atoms with van der Waals surface area (Å²) in [5.41, 5.74) is 1.68. The first-order chi connectivity index (χ1) is 8.06. The Bertz CT molecular complexity index is 355. The highest BCUT2D eigenvalue weighted by Gasteiger charge is 2.12. The molecule has 0 bridgehead atoms. The van der Waals surface area contributed by atoms with Gasteiger partial charge in [-0.2, -0.15) is 5.10 Å². The van der Waals surface area contributed by atoms with E-state index in [0.717, 1.165) is 17.9 Å². The number of methoxy groups -OCH3 is 1. The molecule has 1 aromatic rings. The summed E-state index contributed by atoms with van der Waals surface area (Å²) >= 11 is 6.03. The van der Waals surface area contributed by atoms with Crippen molar-refractivity contribution in [1.29, 1.82) is 0 Å². The Hall–Kier alpha value is -0.620. The van der Waals surface area contributed by atoms with Crippen molar-refractivity contribution < 1.29 is 9.84 Å². The third-order valence-electron chi connectivity index (χ3n) is 2.54. The first kappa shape index (κ1) is 14.4. The van der Waals surface area contributed by atoms with Gasteiger partial charge in [0.2, 0.25) is 0 Å². The van der Waals surface area contributed by atoms with E-state index >= 15 is 0 Å². The van der Waals surface area contributed by atoms with Crippen molar-refractivity contribution in [2.75, 3.05) is 26.8 Å². The molecule has 0 aliphatic carbocycles. The highest BCUT2D eigenvalue weighted by atomic mass is 35.5. The van der Waals surface area contributed by atoms with Gasteiger partial charge in [0.15, 0.2) is 0 Å². The zero-order valence-electron chi connectivity index (χ0n) is 10.5. The van der Waals surface area contributed by atoms with Gasteiger partial charge in [-0.05, 0) is 13.8 Å². The van der Waals surface area contributed by atoms with Gasteiger partial charge in [-0.3, -0.25) is 4.68 Å². The topological polar surface area (TPSA) is 59.3 Å². The minimum absolute atomic E-state index is 0.444. The first-order valence-corrected chi connectivity index (χ1v) is 6.01. The summed E-state index contributed by atoms with van der Waals surface area (Å²) in [5.74, 6) is 0. The first-order valence-electron chi connectivity index (χ1n) is 5.63. The van der Waals surface area contributed by atoms with Crippen LogP contribution in [0.5, 0.6) is 0 Å². The van der Waals surface area contributed by atoms with E-state index in [4.69, 9.17) is 16.3 Å². The lowest BCUT2D eigenvalue weighted by atomic mass is 10.3. The van der Waals surface area contributed by atoms with E-state index in [9.17, 15) is 5.11 Å². The molecule has 0 aliphatic heterocycles. The maximum Gasteiger partial charge on any atom is 0.0860 e. The number of hydrogen-bond donors (Lipinski definition) is 2. The number of rotatable bonds is 7. The molecule has 0 amide bonds. The van der Waals surface area contributed by atoms with E-state index in [1.54, 1.807) is 11.8 Å². The number of nitrogens with zero attached hydrogens (tertiary/aromatic N) is 2. The van der Waals surface area contributed by atoms with E-state index in [1.807, 2.05) is 13.8 Å². The van der Waals surface area contributed by atoms with Gasteiger partial charge >= 0.3 is 0 Å². The maximum absolute atomic E-state index is 9.82. The zero-order chi connectivity index (χ0) is 12.8. The number of hydrogen-bond acceptors (Lipinski definition) is 4. The summed E-state index contributed by atoms with van der Waals surface area (Å²) in [4.78, 5) is 0. The van der Waals surface area contributed by atoms with Gasteiger partial charge in [-0.1, -0.05) is 11.6 Å². The summed E-state index contributed by atoms with van der Waals surface area (Å²) in [5, 5.41) is 17.9. The molecule has 6 heteroatoms. The Morgan fingerprint density at radius 3 is 2.76 bits per heavy atom. The number of ether oxygens (including phenoxy) is 1. The van der Waals surface area contributed by atoms with Gasteiger partial charge in [0.25, 0.3) is 0 Å². The van der Waals surface area contributed by atoms with Crippen molar-refractivity contribution in [3.63, 3.8) is 0 Å². The molecule has 0 aromatic carbocycles. The molecule has 0 aliphatic rings. The number of aliphatic hydroxyl groups is 1. The number of aryl methyl sites for hydroxylation is 1. The number of aliphatic hydroxyl groups excluding tert-OH is 1. The quantitative estimate of drug-likeness (QED) is 0.712. The fraction of sp³-hybridized carbons (Fsp3) is 0.727. The molecular formula is C11H20ClN3O2. The zero-order valence-corrected chi connectivity index (χ0v) is 11.3. The average Bonchev–Trinajstić information content (AvgIpc) is 2.53.